The van der Waals surface area contributed by atoms with E-state index >= 15 is 0 Å². The molecule has 1 aliphatic heterocycles. The van der Waals surface area contributed by atoms with Crippen LogP contribution in [0.25, 0.3) is 28.1 Å². The molecule has 5 rings (SSSR count). The van der Waals surface area contributed by atoms with Crippen molar-refractivity contribution >= 4 is 17.2 Å². The molecular weight excluding hydrogens is 450 g/mol. The van der Waals surface area contributed by atoms with Gasteiger partial charge in [0.1, 0.15) is 18.1 Å². The van der Waals surface area contributed by atoms with Crippen LogP contribution in [0.3, 0.4) is 0 Å². The van der Waals surface area contributed by atoms with Crippen LogP contribution in [0.15, 0.2) is 35.2 Å². The van der Waals surface area contributed by atoms with E-state index in [0.29, 0.717) is 23.7 Å². The summed E-state index contributed by atoms with van der Waals surface area (Å²) in [6.45, 7) is 9.01. The second-order valence-corrected chi connectivity index (χ2v) is 10.3. The van der Waals surface area contributed by atoms with E-state index in [0.717, 1.165) is 39.3 Å². The zero-order valence-corrected chi connectivity index (χ0v) is 20.7. The highest BCUT2D eigenvalue weighted by Crippen LogP contribution is 2.46. The van der Waals surface area contributed by atoms with Crippen LogP contribution < -0.4 is 14.8 Å². The summed E-state index contributed by atoms with van der Waals surface area (Å²) in [6, 6.07) is 5.92. The molecule has 0 spiro atoms. The number of aryl methyl sites for hydroxylation is 1. The number of rotatable bonds is 5. The van der Waals surface area contributed by atoms with E-state index in [9.17, 15) is 4.79 Å². The van der Waals surface area contributed by atoms with Crippen LogP contribution >= 0.6 is 11.3 Å². The van der Waals surface area contributed by atoms with Crippen molar-refractivity contribution in [2.75, 3.05) is 13.7 Å². The minimum atomic E-state index is -0.202. The fraction of sp³-hybridized carbons (Fsp3) is 0.320. The molecule has 3 aromatic heterocycles. The molecule has 4 heterocycles. The number of thiophene rings is 1. The molecule has 0 saturated heterocycles. The Morgan fingerprint density at radius 2 is 2.12 bits per heavy atom. The van der Waals surface area contributed by atoms with Gasteiger partial charge in [0.2, 0.25) is 0 Å². The largest absolute Gasteiger partial charge is 0.496 e. The van der Waals surface area contributed by atoms with Gasteiger partial charge >= 0.3 is 0 Å². The van der Waals surface area contributed by atoms with Crippen LogP contribution in [0.1, 0.15) is 42.5 Å². The number of fused-ring (bicyclic) bond motifs is 3. The number of aromatic amines is 1. The highest BCUT2D eigenvalue weighted by Gasteiger charge is 2.32. The van der Waals surface area contributed by atoms with Crippen LogP contribution in [0, 0.1) is 12.3 Å². The number of aromatic nitrogens is 4. The number of ether oxygens (including phenoxy) is 2. The first-order valence-corrected chi connectivity index (χ1v) is 12.0. The fourth-order valence-corrected chi connectivity index (χ4v) is 4.67. The second kappa shape index (κ2) is 8.32. The molecule has 8 nitrogen and oxygen atoms in total. The Bertz CT molecular complexity index is 1360. The van der Waals surface area contributed by atoms with Gasteiger partial charge in [0.05, 0.1) is 24.7 Å². The van der Waals surface area contributed by atoms with Crippen LogP contribution in [0.2, 0.25) is 0 Å². The van der Waals surface area contributed by atoms with Gasteiger partial charge in [-0.1, -0.05) is 20.8 Å². The molecule has 1 aliphatic rings. The van der Waals surface area contributed by atoms with E-state index < -0.39 is 0 Å². The summed E-state index contributed by atoms with van der Waals surface area (Å²) in [6.07, 6.45) is 1.78. The lowest BCUT2D eigenvalue weighted by molar-refractivity contribution is 0.0931. The predicted octanol–water partition coefficient (Wildman–Crippen LogP) is 4.98. The summed E-state index contributed by atoms with van der Waals surface area (Å²) >= 11 is 1.58. The summed E-state index contributed by atoms with van der Waals surface area (Å²) < 4.78 is 13.7. The topological polar surface area (TPSA) is 94.1 Å². The summed E-state index contributed by atoms with van der Waals surface area (Å²) in [7, 11) is 1.64. The average molecular weight is 478 g/mol. The SMILES string of the molecule is COc1cc2c(cc1-c1cn[nH]c1C)-c1c(c(C(=O)NCC(C)(C)C)nn1-c1ccsc1)CO2. The number of nitrogens with one attached hydrogen (secondary N) is 2. The number of carbonyl (C=O) groups excluding carboxylic acids is 1. The molecule has 1 aromatic carbocycles. The Morgan fingerprint density at radius 1 is 1.29 bits per heavy atom. The van der Waals surface area contributed by atoms with Gasteiger partial charge in [-0.15, -0.1) is 0 Å². The number of nitrogens with zero attached hydrogens (tertiary/aromatic N) is 3. The number of amides is 1. The van der Waals surface area contributed by atoms with Gasteiger partial charge in [0.15, 0.2) is 5.69 Å². The number of benzene rings is 1. The first kappa shape index (κ1) is 22.2. The van der Waals surface area contributed by atoms with Crippen molar-refractivity contribution in [3.05, 3.63) is 52.1 Å². The van der Waals surface area contributed by atoms with Crippen molar-refractivity contribution in [3.63, 3.8) is 0 Å². The fourth-order valence-electron chi connectivity index (χ4n) is 4.06. The molecular formula is C25H27N5O3S. The molecule has 34 heavy (non-hydrogen) atoms. The number of carbonyl (C=O) groups is 1. The van der Waals surface area contributed by atoms with Gasteiger partial charge in [-0.05, 0) is 29.9 Å². The number of hydrogen-bond acceptors (Lipinski definition) is 6. The maximum Gasteiger partial charge on any atom is 0.272 e. The van der Waals surface area contributed by atoms with Crippen molar-refractivity contribution in [3.8, 4) is 39.6 Å². The molecule has 0 radical (unpaired) electrons. The van der Waals surface area contributed by atoms with E-state index in [2.05, 4.69) is 36.3 Å². The summed E-state index contributed by atoms with van der Waals surface area (Å²) in [5.74, 6) is 1.18. The third kappa shape index (κ3) is 3.86. The van der Waals surface area contributed by atoms with Gasteiger partial charge in [-0.25, -0.2) is 4.68 Å². The predicted molar refractivity (Wildman–Crippen MR) is 132 cm³/mol. The van der Waals surface area contributed by atoms with Gasteiger partial charge in [-0.3, -0.25) is 9.89 Å². The molecule has 176 valence electrons. The monoisotopic (exact) mass is 477 g/mol. The highest BCUT2D eigenvalue weighted by molar-refractivity contribution is 7.08. The van der Waals surface area contributed by atoms with Crippen molar-refractivity contribution < 1.29 is 14.3 Å². The Labute approximate surface area is 201 Å². The van der Waals surface area contributed by atoms with Gasteiger partial charge in [0.25, 0.3) is 5.91 Å². The zero-order valence-electron chi connectivity index (χ0n) is 19.9. The van der Waals surface area contributed by atoms with Crippen LogP contribution in [-0.2, 0) is 6.61 Å². The summed E-state index contributed by atoms with van der Waals surface area (Å²) in [5, 5.41) is 19.0. The Morgan fingerprint density at radius 3 is 2.76 bits per heavy atom. The van der Waals surface area contributed by atoms with Crippen LogP contribution in [0.4, 0.5) is 0 Å². The van der Waals surface area contributed by atoms with Crippen LogP contribution in [-0.4, -0.2) is 39.5 Å². The smallest absolute Gasteiger partial charge is 0.272 e. The van der Waals surface area contributed by atoms with Gasteiger partial charge in [0, 0.05) is 45.9 Å². The minimum absolute atomic E-state index is 0.0390. The highest BCUT2D eigenvalue weighted by atomic mass is 32.1. The molecule has 0 unspecified atom stereocenters. The summed E-state index contributed by atoms with van der Waals surface area (Å²) in [5.41, 5.74) is 6.49. The van der Waals surface area contributed by atoms with Crippen LogP contribution in [0.5, 0.6) is 11.5 Å². The minimum Gasteiger partial charge on any atom is -0.496 e. The van der Waals surface area contributed by atoms with E-state index in [1.54, 1.807) is 24.6 Å². The number of methoxy groups -OCH3 is 1. The van der Waals surface area contributed by atoms with E-state index in [1.165, 1.54) is 0 Å². The molecule has 0 bridgehead atoms. The van der Waals surface area contributed by atoms with E-state index in [-0.39, 0.29) is 17.9 Å². The van der Waals surface area contributed by atoms with Gasteiger partial charge < -0.3 is 14.8 Å². The first-order chi connectivity index (χ1) is 16.3. The van der Waals surface area contributed by atoms with Crippen molar-refractivity contribution in [2.24, 2.45) is 5.41 Å². The molecule has 0 fully saturated rings. The van der Waals surface area contributed by atoms with Crippen molar-refractivity contribution in [2.45, 2.75) is 34.3 Å². The molecule has 4 aromatic rings. The molecule has 0 aliphatic carbocycles. The van der Waals surface area contributed by atoms with Crippen molar-refractivity contribution in [1.29, 1.82) is 0 Å². The number of hydrogen-bond donors (Lipinski definition) is 2. The van der Waals surface area contributed by atoms with Crippen molar-refractivity contribution in [1.82, 2.24) is 25.3 Å². The average Bonchev–Trinajstić information content (AvgIpc) is 3.55. The third-order valence-electron chi connectivity index (χ3n) is 5.78. The third-order valence-corrected chi connectivity index (χ3v) is 6.45. The molecule has 2 N–H and O–H groups in total. The lowest BCUT2D eigenvalue weighted by atomic mass is 9.95. The van der Waals surface area contributed by atoms with E-state index in [1.807, 2.05) is 40.6 Å². The first-order valence-electron chi connectivity index (χ1n) is 11.0. The quantitative estimate of drug-likeness (QED) is 0.423. The molecule has 1 amide bonds. The second-order valence-electron chi connectivity index (χ2n) is 9.56. The van der Waals surface area contributed by atoms with Gasteiger partial charge in [-0.2, -0.15) is 21.5 Å². The Balaban J connectivity index is 1.69. The Hall–Kier alpha value is -3.59. The zero-order chi connectivity index (χ0) is 24.0. The standard InChI is InChI=1S/C25H27N5O3S/c1-14-18(10-27-28-14)16-8-17-21(9-20(16)32-5)33-11-19-22(24(31)26-13-25(2,3)4)29-30(23(17)19)15-6-7-34-12-15/h6-10,12H,11,13H2,1-5H3,(H,26,31)(H,27,28). The lowest BCUT2D eigenvalue weighted by Crippen LogP contribution is -2.33. The molecule has 0 saturated carbocycles. The number of H-pyrrole nitrogens is 1. The maximum absolute atomic E-state index is 13.2. The normalized spacial score (nSPS) is 12.6. The lowest BCUT2D eigenvalue weighted by Gasteiger charge is -2.22. The maximum atomic E-state index is 13.2. The molecule has 9 heteroatoms. The summed E-state index contributed by atoms with van der Waals surface area (Å²) in [4.78, 5) is 13.2. The molecule has 0 atom stereocenters. The Kier molecular flexibility index (Phi) is 5.44. The van der Waals surface area contributed by atoms with E-state index in [4.69, 9.17) is 14.6 Å².